The number of hydrogen-bond donors (Lipinski definition) is 1. The van der Waals surface area contributed by atoms with Crippen LogP contribution >= 0.6 is 11.3 Å². The lowest BCUT2D eigenvalue weighted by atomic mass is 10.2. The van der Waals surface area contributed by atoms with Gasteiger partial charge in [-0.15, -0.1) is 11.3 Å². The second-order valence-corrected chi connectivity index (χ2v) is 6.14. The third kappa shape index (κ3) is 3.76. The molecule has 0 radical (unpaired) electrons. The van der Waals surface area contributed by atoms with Gasteiger partial charge in [0.1, 0.15) is 9.71 Å². The number of thiophene rings is 1. The monoisotopic (exact) mass is 369 g/mol. The number of rotatable bonds is 5. The molecule has 0 saturated heterocycles. The lowest BCUT2D eigenvalue weighted by molar-refractivity contribution is -0.134. The van der Waals surface area contributed by atoms with E-state index >= 15 is 0 Å². The van der Waals surface area contributed by atoms with Crippen LogP contribution in [0.15, 0.2) is 30.5 Å². The van der Waals surface area contributed by atoms with Crippen LogP contribution in [0.25, 0.3) is 10.2 Å². The van der Waals surface area contributed by atoms with E-state index in [1.54, 1.807) is 26.4 Å². The fraction of sp³-hybridized carbons (Fsp3) is 0.250. The largest absolute Gasteiger partial charge is 0.493 e. The van der Waals surface area contributed by atoms with Crippen molar-refractivity contribution in [3.63, 3.8) is 0 Å². The number of hydrogen-bond acceptors (Lipinski definition) is 6. The van der Waals surface area contributed by atoms with Crippen molar-refractivity contribution in [1.29, 1.82) is 0 Å². The highest BCUT2D eigenvalue weighted by molar-refractivity contribution is 7.18. The van der Waals surface area contributed by atoms with Gasteiger partial charge in [-0.2, -0.15) is 13.2 Å². The number of nitrogens with one attached hydrogen (secondary N) is 1. The predicted octanol–water partition coefficient (Wildman–Crippen LogP) is 4.34. The third-order valence-corrected chi connectivity index (χ3v) is 4.54. The molecule has 2 heterocycles. The van der Waals surface area contributed by atoms with Crippen LogP contribution in [0, 0.1) is 0 Å². The van der Waals surface area contributed by atoms with Crippen LogP contribution in [0.4, 0.5) is 19.1 Å². The molecule has 0 aliphatic heterocycles. The summed E-state index contributed by atoms with van der Waals surface area (Å²) < 4.78 is 48.7. The van der Waals surface area contributed by atoms with E-state index in [9.17, 15) is 13.2 Å². The van der Waals surface area contributed by atoms with E-state index in [1.807, 2.05) is 6.07 Å². The molecule has 1 N–H and O–H groups in total. The van der Waals surface area contributed by atoms with Crippen molar-refractivity contribution >= 4 is 27.5 Å². The second-order valence-electron chi connectivity index (χ2n) is 5.11. The quantitative estimate of drug-likeness (QED) is 0.725. The van der Waals surface area contributed by atoms with Crippen LogP contribution in [0.1, 0.15) is 10.4 Å². The Balaban J connectivity index is 1.77. The van der Waals surface area contributed by atoms with Crippen LogP contribution in [-0.4, -0.2) is 24.2 Å². The maximum absolute atomic E-state index is 12.8. The summed E-state index contributed by atoms with van der Waals surface area (Å²) in [5.41, 5.74) is 0.892. The Morgan fingerprint density at radius 3 is 2.56 bits per heavy atom. The van der Waals surface area contributed by atoms with E-state index in [0.29, 0.717) is 34.8 Å². The molecule has 3 rings (SSSR count). The molecule has 9 heteroatoms. The number of anilines is 1. The van der Waals surface area contributed by atoms with Crippen molar-refractivity contribution in [2.45, 2.75) is 12.7 Å². The Morgan fingerprint density at radius 1 is 1.12 bits per heavy atom. The van der Waals surface area contributed by atoms with Crippen molar-refractivity contribution in [2.24, 2.45) is 0 Å². The van der Waals surface area contributed by atoms with Gasteiger partial charge in [0.15, 0.2) is 11.5 Å². The molecule has 0 bridgehead atoms. The molecule has 0 fully saturated rings. The average molecular weight is 369 g/mol. The van der Waals surface area contributed by atoms with Gasteiger partial charge in [-0.3, -0.25) is 0 Å². The van der Waals surface area contributed by atoms with Crippen LogP contribution < -0.4 is 14.8 Å². The predicted molar refractivity (Wildman–Crippen MR) is 89.3 cm³/mol. The van der Waals surface area contributed by atoms with Gasteiger partial charge >= 0.3 is 6.18 Å². The number of ether oxygens (including phenoxy) is 2. The van der Waals surface area contributed by atoms with Crippen LogP contribution in [0.3, 0.4) is 0 Å². The molecule has 2 aromatic heterocycles. The van der Waals surface area contributed by atoms with Crippen LogP contribution in [0.5, 0.6) is 11.5 Å². The molecule has 0 spiro atoms. The van der Waals surface area contributed by atoms with Crippen molar-refractivity contribution < 1.29 is 22.6 Å². The Morgan fingerprint density at radius 2 is 1.88 bits per heavy atom. The van der Waals surface area contributed by atoms with E-state index < -0.39 is 11.1 Å². The van der Waals surface area contributed by atoms with E-state index in [-0.39, 0.29) is 10.8 Å². The van der Waals surface area contributed by atoms with Crippen molar-refractivity contribution in [1.82, 2.24) is 9.97 Å². The number of aromatic nitrogens is 2. The minimum atomic E-state index is -4.38. The van der Waals surface area contributed by atoms with Crippen LogP contribution in [0.2, 0.25) is 0 Å². The first-order valence-corrected chi connectivity index (χ1v) is 8.01. The molecule has 0 amide bonds. The molecule has 1 aromatic carbocycles. The molecule has 0 atom stereocenters. The number of alkyl halides is 3. The van der Waals surface area contributed by atoms with Gasteiger partial charge in [-0.25, -0.2) is 9.97 Å². The molecule has 0 aliphatic rings. The molecule has 0 aliphatic carbocycles. The fourth-order valence-electron chi connectivity index (χ4n) is 2.23. The minimum Gasteiger partial charge on any atom is -0.493 e. The van der Waals surface area contributed by atoms with E-state index in [2.05, 4.69) is 15.3 Å². The highest BCUT2D eigenvalue weighted by Gasteiger charge is 2.33. The average Bonchev–Trinajstić information content (AvgIpc) is 3.03. The van der Waals surface area contributed by atoms with Gasteiger partial charge < -0.3 is 14.8 Å². The molecule has 3 aromatic rings. The zero-order valence-electron chi connectivity index (χ0n) is 13.3. The third-order valence-electron chi connectivity index (χ3n) is 3.45. The molecule has 25 heavy (non-hydrogen) atoms. The topological polar surface area (TPSA) is 56.3 Å². The summed E-state index contributed by atoms with van der Waals surface area (Å²) >= 11 is 0.598. The standard InChI is InChI=1S/C16H14F3N3O2S/c1-23-11-4-3-9(5-12(11)24-2)7-20-15-21-8-10-6-13(16(17,18)19)25-14(10)22-15/h3-6,8H,7H2,1-2H3,(H,20,21,22). The molecular formula is C16H14F3N3O2S. The van der Waals surface area contributed by atoms with Crippen molar-refractivity contribution in [2.75, 3.05) is 19.5 Å². The zero-order valence-corrected chi connectivity index (χ0v) is 14.2. The smallest absolute Gasteiger partial charge is 0.425 e. The normalized spacial score (nSPS) is 11.6. The van der Waals surface area contributed by atoms with Crippen molar-refractivity contribution in [3.8, 4) is 11.5 Å². The van der Waals surface area contributed by atoms with Crippen LogP contribution in [-0.2, 0) is 12.7 Å². The highest BCUT2D eigenvalue weighted by atomic mass is 32.1. The summed E-state index contributed by atoms with van der Waals surface area (Å²) in [7, 11) is 3.09. The Labute approximate surface area is 145 Å². The van der Waals surface area contributed by atoms with Gasteiger partial charge in [0.2, 0.25) is 5.95 Å². The number of nitrogens with zero attached hydrogens (tertiary/aromatic N) is 2. The van der Waals surface area contributed by atoms with E-state index in [4.69, 9.17) is 9.47 Å². The van der Waals surface area contributed by atoms with Gasteiger partial charge in [-0.05, 0) is 23.8 Å². The van der Waals surface area contributed by atoms with Gasteiger partial charge in [-0.1, -0.05) is 6.07 Å². The summed E-state index contributed by atoms with van der Waals surface area (Å²) in [5.74, 6) is 1.46. The molecule has 0 unspecified atom stereocenters. The van der Waals surface area contributed by atoms with Gasteiger partial charge in [0, 0.05) is 18.1 Å². The van der Waals surface area contributed by atoms with E-state index in [1.165, 1.54) is 6.20 Å². The van der Waals surface area contributed by atoms with E-state index in [0.717, 1.165) is 11.6 Å². The number of methoxy groups -OCH3 is 2. The summed E-state index contributed by atoms with van der Waals surface area (Å²) in [4.78, 5) is 7.80. The number of benzene rings is 1. The first kappa shape index (κ1) is 17.3. The Kier molecular flexibility index (Phi) is 4.67. The first-order chi connectivity index (χ1) is 11.9. The van der Waals surface area contributed by atoms with Gasteiger partial charge in [0.25, 0.3) is 0 Å². The Bertz CT molecular complexity index is 896. The number of halogens is 3. The minimum absolute atomic E-state index is 0.262. The highest BCUT2D eigenvalue weighted by Crippen LogP contribution is 2.37. The molecule has 5 nitrogen and oxygen atoms in total. The first-order valence-electron chi connectivity index (χ1n) is 7.19. The second kappa shape index (κ2) is 6.75. The lowest BCUT2D eigenvalue weighted by Gasteiger charge is -2.10. The number of fused-ring (bicyclic) bond motifs is 1. The van der Waals surface area contributed by atoms with Gasteiger partial charge in [0.05, 0.1) is 14.2 Å². The summed E-state index contributed by atoms with van der Waals surface area (Å²) in [6, 6.07) is 6.48. The molecular weight excluding hydrogens is 355 g/mol. The SMILES string of the molecule is COc1ccc(CNc2ncc3cc(C(F)(F)F)sc3n2)cc1OC. The summed E-state index contributed by atoms with van der Waals surface area (Å²) in [6.45, 7) is 0.392. The fourth-order valence-corrected chi connectivity index (χ4v) is 3.10. The maximum atomic E-state index is 12.8. The lowest BCUT2D eigenvalue weighted by Crippen LogP contribution is -2.03. The Hall–Kier alpha value is -2.55. The summed E-state index contributed by atoms with van der Waals surface area (Å²) in [6.07, 6.45) is -3.00. The summed E-state index contributed by atoms with van der Waals surface area (Å²) in [5, 5.41) is 3.37. The maximum Gasteiger partial charge on any atom is 0.425 e. The van der Waals surface area contributed by atoms with Crippen molar-refractivity contribution in [3.05, 3.63) is 40.9 Å². The molecule has 132 valence electrons. The molecule has 0 saturated carbocycles. The zero-order chi connectivity index (χ0) is 18.0.